The maximum atomic E-state index is 11.9. The monoisotopic (exact) mass is 297 g/mol. The summed E-state index contributed by atoms with van der Waals surface area (Å²) in [5.41, 5.74) is 0. The molecule has 0 aliphatic carbocycles. The number of nitrogens with zero attached hydrogens (tertiary/aromatic N) is 1. The van der Waals surface area contributed by atoms with Crippen molar-refractivity contribution in [3.8, 4) is 0 Å². The standard InChI is InChI=1S/C13H26F3N3O/c1-5-10(6-2)11(19(3)4)7-18-12(20)8-17-9-13(14,15)16/h10-11,17H,5-9H2,1-4H3,(H,18,20). The van der Waals surface area contributed by atoms with E-state index in [0.717, 1.165) is 12.8 Å². The lowest BCUT2D eigenvalue weighted by Crippen LogP contribution is -2.47. The van der Waals surface area contributed by atoms with E-state index in [-0.39, 0.29) is 12.6 Å². The summed E-state index contributed by atoms with van der Waals surface area (Å²) in [6.45, 7) is 3.17. The van der Waals surface area contributed by atoms with Gasteiger partial charge < -0.3 is 15.5 Å². The lowest BCUT2D eigenvalue weighted by Gasteiger charge is -2.31. The van der Waals surface area contributed by atoms with Crippen molar-refractivity contribution in [2.45, 2.75) is 38.9 Å². The number of hydrogen-bond donors (Lipinski definition) is 2. The summed E-state index contributed by atoms with van der Waals surface area (Å²) in [4.78, 5) is 13.5. The molecule has 0 rings (SSSR count). The van der Waals surface area contributed by atoms with Crippen LogP contribution in [-0.2, 0) is 4.79 Å². The Hall–Kier alpha value is -0.820. The third-order valence-corrected chi connectivity index (χ3v) is 3.38. The fourth-order valence-corrected chi connectivity index (χ4v) is 2.20. The molecule has 0 aliphatic rings. The Morgan fingerprint density at radius 2 is 1.75 bits per heavy atom. The molecular formula is C13H26F3N3O. The number of rotatable bonds is 9. The Morgan fingerprint density at radius 1 is 1.20 bits per heavy atom. The second-order valence-corrected chi connectivity index (χ2v) is 5.13. The Bertz CT molecular complexity index is 279. The number of nitrogens with one attached hydrogen (secondary N) is 2. The van der Waals surface area contributed by atoms with E-state index in [1.807, 2.05) is 19.0 Å². The summed E-state index contributed by atoms with van der Waals surface area (Å²) >= 11 is 0. The molecule has 0 aromatic rings. The van der Waals surface area contributed by atoms with E-state index in [9.17, 15) is 18.0 Å². The lowest BCUT2D eigenvalue weighted by molar-refractivity contribution is -0.128. The zero-order valence-electron chi connectivity index (χ0n) is 12.7. The highest BCUT2D eigenvalue weighted by Crippen LogP contribution is 2.16. The Morgan fingerprint density at radius 3 is 2.15 bits per heavy atom. The number of alkyl halides is 3. The van der Waals surface area contributed by atoms with Crippen molar-refractivity contribution in [3.05, 3.63) is 0 Å². The van der Waals surface area contributed by atoms with Gasteiger partial charge in [-0.2, -0.15) is 13.2 Å². The lowest BCUT2D eigenvalue weighted by atomic mass is 9.93. The summed E-state index contributed by atoms with van der Waals surface area (Å²) < 4.78 is 35.8. The predicted octanol–water partition coefficient (Wildman–Crippen LogP) is 1.62. The topological polar surface area (TPSA) is 44.4 Å². The second-order valence-electron chi connectivity index (χ2n) is 5.13. The van der Waals surface area contributed by atoms with Crippen molar-refractivity contribution >= 4 is 5.91 Å². The second kappa shape index (κ2) is 9.18. The molecule has 1 atom stereocenters. The van der Waals surface area contributed by atoms with Crippen LogP contribution in [0.15, 0.2) is 0 Å². The molecule has 0 radical (unpaired) electrons. The molecule has 20 heavy (non-hydrogen) atoms. The van der Waals surface area contributed by atoms with Crippen LogP contribution in [0.25, 0.3) is 0 Å². The van der Waals surface area contributed by atoms with E-state index in [0.29, 0.717) is 12.5 Å². The summed E-state index contributed by atoms with van der Waals surface area (Å²) in [7, 11) is 3.88. The predicted molar refractivity (Wildman–Crippen MR) is 73.5 cm³/mol. The minimum absolute atomic E-state index is 0.191. The first-order chi connectivity index (χ1) is 9.21. The van der Waals surface area contributed by atoms with E-state index in [4.69, 9.17) is 0 Å². The van der Waals surface area contributed by atoms with Gasteiger partial charge in [-0.05, 0) is 20.0 Å². The Balaban J connectivity index is 4.12. The zero-order chi connectivity index (χ0) is 15.8. The summed E-state index contributed by atoms with van der Waals surface area (Å²) in [5, 5.41) is 4.77. The summed E-state index contributed by atoms with van der Waals surface area (Å²) in [6, 6.07) is 0.191. The van der Waals surface area contributed by atoms with Gasteiger partial charge >= 0.3 is 6.18 Å². The average molecular weight is 297 g/mol. The third kappa shape index (κ3) is 8.37. The van der Waals surface area contributed by atoms with Gasteiger partial charge in [-0.25, -0.2) is 0 Å². The highest BCUT2D eigenvalue weighted by Gasteiger charge is 2.26. The van der Waals surface area contributed by atoms with E-state index >= 15 is 0 Å². The molecule has 0 aliphatic heterocycles. The number of carbonyl (C=O) groups excluding carboxylic acids is 1. The molecule has 0 saturated carbocycles. The number of hydrogen-bond acceptors (Lipinski definition) is 3. The van der Waals surface area contributed by atoms with Crippen LogP contribution in [0.4, 0.5) is 13.2 Å². The normalized spacial score (nSPS) is 13.8. The smallest absolute Gasteiger partial charge is 0.353 e. The van der Waals surface area contributed by atoms with Gasteiger partial charge in [-0.15, -0.1) is 0 Å². The molecule has 1 unspecified atom stereocenters. The highest BCUT2D eigenvalue weighted by molar-refractivity contribution is 5.78. The van der Waals surface area contributed by atoms with Gasteiger partial charge in [0.1, 0.15) is 0 Å². The van der Waals surface area contributed by atoms with E-state index in [2.05, 4.69) is 24.5 Å². The first-order valence-corrected chi connectivity index (χ1v) is 6.91. The van der Waals surface area contributed by atoms with Crippen molar-refractivity contribution in [2.75, 3.05) is 33.7 Å². The van der Waals surface area contributed by atoms with E-state index in [1.54, 1.807) is 0 Å². The van der Waals surface area contributed by atoms with Gasteiger partial charge in [0.25, 0.3) is 0 Å². The van der Waals surface area contributed by atoms with Crippen LogP contribution in [0.5, 0.6) is 0 Å². The average Bonchev–Trinajstić information content (AvgIpc) is 2.32. The van der Waals surface area contributed by atoms with Crippen LogP contribution in [0.3, 0.4) is 0 Å². The van der Waals surface area contributed by atoms with Crippen molar-refractivity contribution in [2.24, 2.45) is 5.92 Å². The van der Waals surface area contributed by atoms with Crippen LogP contribution in [-0.4, -0.2) is 56.8 Å². The van der Waals surface area contributed by atoms with E-state index in [1.165, 1.54) is 0 Å². The van der Waals surface area contributed by atoms with Crippen LogP contribution in [0.1, 0.15) is 26.7 Å². The fourth-order valence-electron chi connectivity index (χ4n) is 2.20. The molecule has 0 spiro atoms. The fraction of sp³-hybridized carbons (Fsp3) is 0.923. The SMILES string of the molecule is CCC(CC)C(CNC(=O)CNCC(F)(F)F)N(C)C. The zero-order valence-corrected chi connectivity index (χ0v) is 12.7. The van der Waals surface area contributed by atoms with Crippen molar-refractivity contribution in [1.82, 2.24) is 15.5 Å². The minimum Gasteiger partial charge on any atom is -0.353 e. The molecule has 0 saturated heterocycles. The van der Waals surface area contributed by atoms with Gasteiger partial charge in [0.2, 0.25) is 5.91 Å². The van der Waals surface area contributed by atoms with Crippen LogP contribution >= 0.6 is 0 Å². The van der Waals surface area contributed by atoms with Crippen LogP contribution in [0.2, 0.25) is 0 Å². The minimum atomic E-state index is -4.29. The maximum absolute atomic E-state index is 11.9. The molecule has 0 aromatic heterocycles. The van der Waals surface area contributed by atoms with Crippen molar-refractivity contribution in [3.63, 3.8) is 0 Å². The summed E-state index contributed by atoms with van der Waals surface area (Å²) in [5.74, 6) is 0.0421. The van der Waals surface area contributed by atoms with Gasteiger partial charge in [0.05, 0.1) is 13.1 Å². The first-order valence-electron chi connectivity index (χ1n) is 6.91. The largest absolute Gasteiger partial charge is 0.401 e. The summed E-state index contributed by atoms with van der Waals surface area (Å²) in [6.07, 6.45) is -2.29. The van der Waals surface area contributed by atoms with Gasteiger partial charge in [-0.3, -0.25) is 4.79 Å². The molecule has 1 amide bonds. The van der Waals surface area contributed by atoms with E-state index < -0.39 is 18.6 Å². The molecule has 4 nitrogen and oxygen atoms in total. The van der Waals surface area contributed by atoms with Gasteiger partial charge in [0.15, 0.2) is 0 Å². The van der Waals surface area contributed by atoms with Gasteiger partial charge in [0, 0.05) is 12.6 Å². The third-order valence-electron chi connectivity index (χ3n) is 3.38. The molecule has 120 valence electrons. The number of likely N-dealkylation sites (N-methyl/N-ethyl adjacent to an activating group) is 1. The van der Waals surface area contributed by atoms with Crippen molar-refractivity contribution in [1.29, 1.82) is 0 Å². The number of halogens is 3. The molecule has 7 heteroatoms. The van der Waals surface area contributed by atoms with Crippen LogP contribution < -0.4 is 10.6 Å². The Labute approximate surface area is 119 Å². The quantitative estimate of drug-likeness (QED) is 0.680. The molecule has 0 aromatic carbocycles. The molecule has 2 N–H and O–H groups in total. The molecule has 0 fully saturated rings. The number of carbonyl (C=O) groups is 1. The van der Waals surface area contributed by atoms with Gasteiger partial charge in [-0.1, -0.05) is 26.7 Å². The Kier molecular flexibility index (Phi) is 8.80. The van der Waals surface area contributed by atoms with Crippen LogP contribution in [0, 0.1) is 5.92 Å². The first kappa shape index (κ1) is 19.2. The maximum Gasteiger partial charge on any atom is 0.401 e. The highest BCUT2D eigenvalue weighted by atomic mass is 19.4. The number of amides is 1. The molecule has 0 bridgehead atoms. The van der Waals surface area contributed by atoms with Crippen molar-refractivity contribution < 1.29 is 18.0 Å². The molecule has 0 heterocycles. The molecular weight excluding hydrogens is 271 g/mol.